The number of nitrogens with zero attached hydrogens (tertiary/aromatic N) is 4. The van der Waals surface area contributed by atoms with Crippen molar-refractivity contribution in [2.45, 2.75) is 54.9 Å². The van der Waals surface area contributed by atoms with Crippen molar-refractivity contribution in [3.63, 3.8) is 0 Å². The molecule has 1 aromatic heterocycles. The molecule has 0 bridgehead atoms. The lowest BCUT2D eigenvalue weighted by Gasteiger charge is -1.98. The molecule has 0 spiro atoms. The fraction of sp³-hybridized carbons (Fsp3) is 0.571. The number of hydrogen-bond donors (Lipinski definition) is 0. The molecule has 1 aliphatic heterocycles. The minimum atomic E-state index is 0.919. The van der Waals surface area contributed by atoms with E-state index in [9.17, 15) is 0 Å². The van der Waals surface area contributed by atoms with Gasteiger partial charge in [-0.25, -0.2) is 0 Å². The third-order valence-electron chi connectivity index (χ3n) is 2.01. The highest BCUT2D eigenvalue weighted by Crippen LogP contribution is 2.38. The zero-order valence-electron chi connectivity index (χ0n) is 13.4. The van der Waals surface area contributed by atoms with Gasteiger partial charge in [0.2, 0.25) is 0 Å². The summed E-state index contributed by atoms with van der Waals surface area (Å²) in [7, 11) is 0. The largest absolute Gasteiger partial charge is 0.173 e. The summed E-state index contributed by atoms with van der Waals surface area (Å²) in [5.41, 5.74) is 4.82. The summed E-state index contributed by atoms with van der Waals surface area (Å²) in [6.07, 6.45) is 1.25. The normalized spacial score (nSPS) is 10.2. The Morgan fingerprint density at radius 3 is 2.20 bits per heavy atom. The predicted molar refractivity (Wildman–Crippen MR) is 92.4 cm³/mol. The van der Waals surface area contributed by atoms with Crippen molar-refractivity contribution >= 4 is 45.5 Å². The van der Waals surface area contributed by atoms with E-state index in [1.165, 1.54) is 29.5 Å². The van der Waals surface area contributed by atoms with Crippen molar-refractivity contribution in [1.29, 1.82) is 0 Å². The minimum absolute atomic E-state index is 0.919. The molecule has 2 aromatic rings. The highest BCUT2D eigenvalue weighted by Gasteiger charge is 2.14. The maximum absolute atomic E-state index is 4.22. The van der Waals surface area contributed by atoms with Crippen LogP contribution >= 0.6 is 11.7 Å². The maximum atomic E-state index is 4.22. The molecule has 0 amide bonds. The van der Waals surface area contributed by atoms with Crippen molar-refractivity contribution in [2.75, 3.05) is 0 Å². The molecule has 4 nitrogen and oxygen atoms in total. The van der Waals surface area contributed by atoms with Crippen LogP contribution in [0.3, 0.4) is 0 Å². The monoisotopic (exact) mass is 312 g/mol. The third kappa shape index (κ3) is 4.45. The van der Waals surface area contributed by atoms with Crippen LogP contribution in [0.15, 0.2) is 14.8 Å². The number of aromatic nitrogens is 2. The Morgan fingerprint density at radius 2 is 1.60 bits per heavy atom. The summed E-state index contributed by atoms with van der Waals surface area (Å²) in [4.78, 5) is 0. The molecule has 0 unspecified atom stereocenters. The van der Waals surface area contributed by atoms with Gasteiger partial charge in [0, 0.05) is 5.56 Å². The Bertz CT molecular complexity index is 584. The molecule has 2 heterocycles. The van der Waals surface area contributed by atoms with Crippen LogP contribution in [0, 0.1) is 6.92 Å². The topological polar surface area (TPSA) is 50.5 Å². The van der Waals surface area contributed by atoms with E-state index >= 15 is 0 Å². The van der Waals surface area contributed by atoms with Gasteiger partial charge in [-0.15, -0.1) is 0 Å². The molecule has 0 atom stereocenters. The Balaban J connectivity index is 0.000000451. The van der Waals surface area contributed by atoms with Crippen molar-refractivity contribution in [1.82, 2.24) is 8.75 Å². The second-order valence-corrected chi connectivity index (χ2v) is 4.53. The summed E-state index contributed by atoms with van der Waals surface area (Å²) in [5.74, 6) is 0. The van der Waals surface area contributed by atoms with Gasteiger partial charge in [0.05, 0.1) is 23.1 Å². The van der Waals surface area contributed by atoms with Crippen LogP contribution in [0.4, 0.5) is 11.4 Å². The van der Waals surface area contributed by atoms with E-state index in [2.05, 4.69) is 31.3 Å². The summed E-state index contributed by atoms with van der Waals surface area (Å²) in [6.45, 7) is 14.3. The van der Waals surface area contributed by atoms with Gasteiger partial charge >= 0.3 is 0 Å². The standard InChI is InChI=1S/C7H4N4S2.C3H8.2C2H6/c1-3-6-4(8-12-10-6)2-5-7(3)11-13-9-5;1-3-2;2*1-2/h2H,1H3;3H2,1-2H3;2*1-2H3. The smallest absolute Gasteiger partial charge is 0.110 e. The summed E-state index contributed by atoms with van der Waals surface area (Å²) >= 11 is 2.46. The van der Waals surface area contributed by atoms with Crippen LogP contribution in [-0.4, -0.2) is 8.75 Å². The zero-order valence-corrected chi connectivity index (χ0v) is 15.0. The van der Waals surface area contributed by atoms with Gasteiger partial charge in [-0.2, -0.15) is 17.5 Å². The lowest BCUT2D eigenvalue weighted by Crippen LogP contribution is -1.77. The van der Waals surface area contributed by atoms with Gasteiger partial charge in [0.1, 0.15) is 22.4 Å². The first kappa shape index (κ1) is 18.9. The van der Waals surface area contributed by atoms with Gasteiger partial charge in [-0.3, -0.25) is 0 Å². The highest BCUT2D eigenvalue weighted by molar-refractivity contribution is 7.58. The molecular formula is C14H24N4S2. The van der Waals surface area contributed by atoms with Gasteiger partial charge in [-0.05, 0) is 13.0 Å². The molecule has 3 rings (SSSR count). The minimum Gasteiger partial charge on any atom is -0.173 e. The fourth-order valence-electron chi connectivity index (χ4n) is 1.34. The molecule has 1 aliphatic rings. The molecular weight excluding hydrogens is 288 g/mol. The van der Waals surface area contributed by atoms with E-state index in [1.807, 2.05) is 40.7 Å². The van der Waals surface area contributed by atoms with E-state index in [1.54, 1.807) is 0 Å². The Morgan fingerprint density at radius 1 is 1.00 bits per heavy atom. The number of aryl methyl sites for hydroxylation is 1. The predicted octanol–water partition coefficient (Wildman–Crippen LogP) is 6.19. The first-order valence-corrected chi connectivity index (χ1v) is 8.58. The van der Waals surface area contributed by atoms with Crippen LogP contribution < -0.4 is 0 Å². The quantitative estimate of drug-likeness (QED) is 0.496. The molecule has 0 saturated heterocycles. The van der Waals surface area contributed by atoms with E-state index in [-0.39, 0.29) is 0 Å². The molecule has 0 N–H and O–H groups in total. The van der Waals surface area contributed by atoms with Crippen molar-refractivity contribution in [3.8, 4) is 0 Å². The van der Waals surface area contributed by atoms with Crippen LogP contribution in [-0.2, 0) is 11.4 Å². The average Bonchev–Trinajstić information content (AvgIpc) is 3.13. The lowest BCUT2D eigenvalue weighted by molar-refractivity contribution is 1.09. The molecule has 112 valence electrons. The SMILES string of the molecule is CC.CC.CCC.Cc1c2c(cc3nsnc13)N=S=N2. The Labute approximate surface area is 129 Å². The van der Waals surface area contributed by atoms with Gasteiger partial charge in [-0.1, -0.05) is 48.0 Å². The van der Waals surface area contributed by atoms with E-state index < -0.39 is 0 Å². The van der Waals surface area contributed by atoms with Crippen LogP contribution in [0.5, 0.6) is 0 Å². The van der Waals surface area contributed by atoms with Crippen molar-refractivity contribution in [2.24, 2.45) is 8.73 Å². The number of hydrogen-bond acceptors (Lipinski definition) is 5. The molecule has 20 heavy (non-hydrogen) atoms. The number of rotatable bonds is 0. The molecule has 0 saturated carbocycles. The number of fused-ring (bicyclic) bond motifs is 2. The zero-order chi connectivity index (χ0) is 15.5. The number of benzene rings is 1. The first-order valence-electron chi connectivity index (χ1n) is 7.12. The summed E-state index contributed by atoms with van der Waals surface area (Å²) in [5, 5.41) is 0. The Hall–Kier alpha value is -1.14. The van der Waals surface area contributed by atoms with Gasteiger partial charge < -0.3 is 0 Å². The summed E-state index contributed by atoms with van der Waals surface area (Å²) in [6, 6.07) is 1.94. The van der Waals surface area contributed by atoms with Gasteiger partial charge in [0.25, 0.3) is 0 Å². The van der Waals surface area contributed by atoms with Crippen LogP contribution in [0.1, 0.15) is 53.5 Å². The van der Waals surface area contributed by atoms with Crippen molar-refractivity contribution < 1.29 is 0 Å². The van der Waals surface area contributed by atoms with Crippen LogP contribution in [0.2, 0.25) is 0 Å². The van der Waals surface area contributed by atoms with Gasteiger partial charge in [0.15, 0.2) is 0 Å². The van der Waals surface area contributed by atoms with E-state index in [0.717, 1.165) is 28.0 Å². The second-order valence-electron chi connectivity index (χ2n) is 3.47. The first-order chi connectivity index (χ1) is 9.77. The van der Waals surface area contributed by atoms with Crippen LogP contribution in [0.25, 0.3) is 11.0 Å². The maximum Gasteiger partial charge on any atom is 0.110 e. The fourth-order valence-corrected chi connectivity index (χ4v) is 2.50. The third-order valence-corrected chi connectivity index (χ3v) is 3.10. The molecule has 0 fully saturated rings. The van der Waals surface area contributed by atoms with E-state index in [4.69, 9.17) is 0 Å². The molecule has 0 radical (unpaired) electrons. The average molecular weight is 313 g/mol. The van der Waals surface area contributed by atoms with E-state index in [0.29, 0.717) is 0 Å². The molecule has 1 aromatic carbocycles. The molecule has 6 heteroatoms. The van der Waals surface area contributed by atoms with Crippen molar-refractivity contribution in [3.05, 3.63) is 11.6 Å². The molecule has 0 aliphatic carbocycles. The lowest BCUT2D eigenvalue weighted by atomic mass is 10.1. The Kier molecular flexibility index (Phi) is 10.0. The summed E-state index contributed by atoms with van der Waals surface area (Å²) < 4.78 is 16.8. The second kappa shape index (κ2) is 10.6. The highest BCUT2D eigenvalue weighted by atomic mass is 32.1.